The summed E-state index contributed by atoms with van der Waals surface area (Å²) in [6, 6.07) is 0.331. The van der Waals surface area contributed by atoms with Crippen LogP contribution in [-0.2, 0) is 6.54 Å². The Labute approximate surface area is 98.0 Å². The highest BCUT2D eigenvalue weighted by Crippen LogP contribution is 2.26. The SMILES string of the molecule is CCCNC(CC)c1c(OC)cnn1CC. The first-order valence-corrected chi connectivity index (χ1v) is 6.11. The van der Waals surface area contributed by atoms with Gasteiger partial charge in [0, 0.05) is 6.54 Å². The van der Waals surface area contributed by atoms with Crippen LogP contribution < -0.4 is 10.1 Å². The summed E-state index contributed by atoms with van der Waals surface area (Å²) in [4.78, 5) is 0. The van der Waals surface area contributed by atoms with Crippen LogP contribution >= 0.6 is 0 Å². The molecular weight excluding hydrogens is 202 g/mol. The van der Waals surface area contributed by atoms with Crippen LogP contribution in [0.25, 0.3) is 0 Å². The normalized spacial score (nSPS) is 12.8. The van der Waals surface area contributed by atoms with E-state index in [1.165, 1.54) is 5.69 Å². The fraction of sp³-hybridized carbons (Fsp3) is 0.750. The minimum Gasteiger partial charge on any atom is -0.493 e. The van der Waals surface area contributed by atoms with E-state index in [1.54, 1.807) is 13.3 Å². The smallest absolute Gasteiger partial charge is 0.161 e. The lowest BCUT2D eigenvalue weighted by Gasteiger charge is -2.19. The molecule has 1 aromatic heterocycles. The number of nitrogens with zero attached hydrogens (tertiary/aromatic N) is 2. The molecule has 92 valence electrons. The zero-order valence-corrected chi connectivity index (χ0v) is 10.8. The molecule has 0 radical (unpaired) electrons. The number of hydrogen-bond donors (Lipinski definition) is 1. The molecule has 0 aliphatic carbocycles. The maximum Gasteiger partial charge on any atom is 0.161 e. The van der Waals surface area contributed by atoms with Crippen LogP contribution in [0.5, 0.6) is 5.75 Å². The summed E-state index contributed by atoms with van der Waals surface area (Å²) in [7, 11) is 1.70. The van der Waals surface area contributed by atoms with Gasteiger partial charge in [-0.3, -0.25) is 4.68 Å². The van der Waals surface area contributed by atoms with E-state index in [4.69, 9.17) is 4.74 Å². The molecule has 0 fully saturated rings. The molecule has 1 atom stereocenters. The standard InChI is InChI=1S/C12H23N3O/c1-5-8-13-10(6-2)12-11(16-4)9-14-15(12)7-3/h9-10,13H,5-8H2,1-4H3. The zero-order chi connectivity index (χ0) is 12.0. The third-order valence-corrected chi connectivity index (χ3v) is 2.74. The summed E-state index contributed by atoms with van der Waals surface area (Å²) < 4.78 is 7.38. The summed E-state index contributed by atoms with van der Waals surface area (Å²) in [5.74, 6) is 0.886. The van der Waals surface area contributed by atoms with Crippen molar-refractivity contribution < 1.29 is 4.74 Å². The van der Waals surface area contributed by atoms with Crippen LogP contribution in [0.15, 0.2) is 6.20 Å². The van der Waals surface area contributed by atoms with Crippen molar-refractivity contribution in [3.8, 4) is 5.75 Å². The van der Waals surface area contributed by atoms with Crippen molar-refractivity contribution in [1.82, 2.24) is 15.1 Å². The van der Waals surface area contributed by atoms with E-state index in [2.05, 4.69) is 31.2 Å². The van der Waals surface area contributed by atoms with Crippen molar-refractivity contribution in [2.45, 2.75) is 46.2 Å². The Morgan fingerprint density at radius 3 is 2.69 bits per heavy atom. The maximum atomic E-state index is 5.37. The highest BCUT2D eigenvalue weighted by Gasteiger charge is 2.19. The van der Waals surface area contributed by atoms with Crippen molar-refractivity contribution in [1.29, 1.82) is 0 Å². The molecule has 1 unspecified atom stereocenters. The van der Waals surface area contributed by atoms with Crippen molar-refractivity contribution >= 4 is 0 Å². The average Bonchev–Trinajstić information content (AvgIpc) is 2.73. The summed E-state index contributed by atoms with van der Waals surface area (Å²) >= 11 is 0. The molecule has 0 amide bonds. The van der Waals surface area contributed by atoms with E-state index in [9.17, 15) is 0 Å². The van der Waals surface area contributed by atoms with Gasteiger partial charge in [-0.05, 0) is 26.3 Å². The van der Waals surface area contributed by atoms with Gasteiger partial charge in [0.25, 0.3) is 0 Å². The topological polar surface area (TPSA) is 39.1 Å². The first kappa shape index (κ1) is 13.0. The lowest BCUT2D eigenvalue weighted by molar-refractivity contribution is 0.388. The number of aryl methyl sites for hydroxylation is 1. The molecule has 1 aromatic rings. The van der Waals surface area contributed by atoms with E-state index in [-0.39, 0.29) is 0 Å². The lowest BCUT2D eigenvalue weighted by Crippen LogP contribution is -2.24. The van der Waals surface area contributed by atoms with Crippen LogP contribution in [0.3, 0.4) is 0 Å². The molecule has 4 heteroatoms. The molecule has 0 saturated carbocycles. The van der Waals surface area contributed by atoms with Crippen molar-refractivity contribution in [2.75, 3.05) is 13.7 Å². The van der Waals surface area contributed by atoms with Crippen molar-refractivity contribution in [3.05, 3.63) is 11.9 Å². The molecule has 16 heavy (non-hydrogen) atoms. The molecular formula is C12H23N3O. The number of nitrogens with one attached hydrogen (secondary N) is 1. The van der Waals surface area contributed by atoms with Crippen LogP contribution in [0.2, 0.25) is 0 Å². The van der Waals surface area contributed by atoms with Crippen LogP contribution in [0.4, 0.5) is 0 Å². The Morgan fingerprint density at radius 2 is 2.19 bits per heavy atom. The zero-order valence-electron chi connectivity index (χ0n) is 10.8. The van der Waals surface area contributed by atoms with Crippen LogP contribution in [0.1, 0.15) is 45.3 Å². The molecule has 1 rings (SSSR count). The Bertz CT molecular complexity index is 288. The first-order valence-electron chi connectivity index (χ1n) is 6.11. The maximum absolute atomic E-state index is 5.37. The molecule has 4 nitrogen and oxygen atoms in total. The van der Waals surface area contributed by atoms with Crippen LogP contribution in [-0.4, -0.2) is 23.4 Å². The lowest BCUT2D eigenvalue weighted by atomic mass is 10.1. The highest BCUT2D eigenvalue weighted by molar-refractivity contribution is 5.28. The van der Waals surface area contributed by atoms with Crippen molar-refractivity contribution in [2.24, 2.45) is 0 Å². The number of hydrogen-bond acceptors (Lipinski definition) is 3. The fourth-order valence-corrected chi connectivity index (χ4v) is 1.89. The average molecular weight is 225 g/mol. The van der Waals surface area contributed by atoms with E-state index >= 15 is 0 Å². The Morgan fingerprint density at radius 1 is 1.44 bits per heavy atom. The second kappa shape index (κ2) is 6.53. The van der Waals surface area contributed by atoms with Gasteiger partial charge in [-0.15, -0.1) is 0 Å². The van der Waals surface area contributed by atoms with Gasteiger partial charge in [0.2, 0.25) is 0 Å². The number of methoxy groups -OCH3 is 1. The number of rotatable bonds is 7. The molecule has 0 aliphatic rings. The second-order valence-corrected chi connectivity index (χ2v) is 3.83. The first-order chi connectivity index (χ1) is 7.78. The quantitative estimate of drug-likeness (QED) is 0.774. The number of ether oxygens (including phenoxy) is 1. The highest BCUT2D eigenvalue weighted by atomic mass is 16.5. The summed E-state index contributed by atoms with van der Waals surface area (Å²) in [5.41, 5.74) is 1.17. The van der Waals surface area contributed by atoms with Crippen molar-refractivity contribution in [3.63, 3.8) is 0 Å². The minimum atomic E-state index is 0.331. The minimum absolute atomic E-state index is 0.331. The van der Waals surface area contributed by atoms with Gasteiger partial charge in [0.05, 0.1) is 25.0 Å². The Balaban J connectivity index is 2.91. The molecule has 0 aliphatic heterocycles. The second-order valence-electron chi connectivity index (χ2n) is 3.83. The molecule has 0 spiro atoms. The summed E-state index contributed by atoms with van der Waals surface area (Å²) in [6.07, 6.45) is 3.98. The third-order valence-electron chi connectivity index (χ3n) is 2.74. The van der Waals surface area contributed by atoms with E-state index in [0.29, 0.717) is 6.04 Å². The van der Waals surface area contributed by atoms with E-state index in [1.807, 2.05) is 4.68 Å². The molecule has 1 heterocycles. The predicted molar refractivity (Wildman–Crippen MR) is 65.8 cm³/mol. The molecule has 1 N–H and O–H groups in total. The van der Waals surface area contributed by atoms with Crippen LogP contribution in [0, 0.1) is 0 Å². The summed E-state index contributed by atoms with van der Waals surface area (Å²) in [6.45, 7) is 8.36. The predicted octanol–water partition coefficient (Wildman–Crippen LogP) is 2.36. The van der Waals surface area contributed by atoms with E-state index in [0.717, 1.165) is 31.7 Å². The van der Waals surface area contributed by atoms with E-state index < -0.39 is 0 Å². The van der Waals surface area contributed by atoms with Gasteiger partial charge in [0.1, 0.15) is 0 Å². The van der Waals surface area contributed by atoms with Gasteiger partial charge < -0.3 is 10.1 Å². The summed E-state index contributed by atoms with van der Waals surface area (Å²) in [5, 5.41) is 7.86. The monoisotopic (exact) mass is 225 g/mol. The Hall–Kier alpha value is -1.03. The van der Waals surface area contributed by atoms with Gasteiger partial charge >= 0.3 is 0 Å². The third kappa shape index (κ3) is 2.76. The Kier molecular flexibility index (Phi) is 5.32. The fourth-order valence-electron chi connectivity index (χ4n) is 1.89. The molecule has 0 saturated heterocycles. The molecule has 0 aromatic carbocycles. The van der Waals surface area contributed by atoms with Gasteiger partial charge in [0.15, 0.2) is 5.75 Å². The van der Waals surface area contributed by atoms with Gasteiger partial charge in [-0.2, -0.15) is 5.10 Å². The van der Waals surface area contributed by atoms with Gasteiger partial charge in [-0.1, -0.05) is 13.8 Å². The number of aromatic nitrogens is 2. The largest absolute Gasteiger partial charge is 0.493 e. The molecule has 0 bridgehead atoms. The van der Waals surface area contributed by atoms with Gasteiger partial charge in [-0.25, -0.2) is 0 Å².